The number of nitrogens with two attached hydrogens (primary N) is 1. The molecule has 1 aromatic rings. The molecule has 0 spiro atoms. The zero-order valence-corrected chi connectivity index (χ0v) is 10.6. The van der Waals surface area contributed by atoms with E-state index in [2.05, 4.69) is 27.1 Å². The average molecular weight is 235 g/mol. The summed E-state index contributed by atoms with van der Waals surface area (Å²) in [5, 5.41) is 7.29. The number of fused-ring (bicyclic) bond motifs is 2. The summed E-state index contributed by atoms with van der Waals surface area (Å²) in [5.74, 6) is 2.33. The molecule has 3 rings (SSSR count). The summed E-state index contributed by atoms with van der Waals surface area (Å²) < 4.78 is 0. The zero-order valence-electron chi connectivity index (χ0n) is 10.6. The molecule has 0 aromatic carbocycles. The lowest BCUT2D eigenvalue weighted by atomic mass is 9.90. The first-order valence-electron chi connectivity index (χ1n) is 6.55. The van der Waals surface area contributed by atoms with Crippen molar-refractivity contribution in [3.05, 3.63) is 11.6 Å². The van der Waals surface area contributed by atoms with Crippen molar-refractivity contribution in [2.45, 2.75) is 56.7 Å². The Morgan fingerprint density at radius 1 is 1.35 bits per heavy atom. The quantitative estimate of drug-likeness (QED) is 0.807. The number of hydrogen-bond donors (Lipinski definition) is 2. The lowest BCUT2D eigenvalue weighted by Gasteiger charge is -2.35. The van der Waals surface area contributed by atoms with Gasteiger partial charge in [0.2, 0.25) is 0 Å². The van der Waals surface area contributed by atoms with Crippen molar-refractivity contribution in [1.29, 1.82) is 0 Å². The van der Waals surface area contributed by atoms with E-state index in [9.17, 15) is 0 Å². The minimum atomic E-state index is -0.0806. The smallest absolute Gasteiger partial charge is 0.167 e. The molecule has 0 amide bonds. The molecule has 3 N–H and O–H groups in total. The molecule has 0 saturated carbocycles. The van der Waals surface area contributed by atoms with Crippen molar-refractivity contribution in [1.82, 2.24) is 20.1 Å². The van der Waals surface area contributed by atoms with Crippen molar-refractivity contribution >= 4 is 0 Å². The predicted molar refractivity (Wildman–Crippen MR) is 65.5 cm³/mol. The monoisotopic (exact) mass is 235 g/mol. The molecule has 5 nitrogen and oxygen atoms in total. The van der Waals surface area contributed by atoms with Gasteiger partial charge in [-0.1, -0.05) is 0 Å². The molecule has 2 aliphatic heterocycles. The van der Waals surface area contributed by atoms with Gasteiger partial charge in [0, 0.05) is 18.0 Å². The Labute approximate surface area is 102 Å². The Morgan fingerprint density at radius 2 is 2.00 bits per heavy atom. The van der Waals surface area contributed by atoms with E-state index in [1.54, 1.807) is 0 Å². The zero-order chi connectivity index (χ0) is 12.0. The molecular weight excluding hydrogens is 214 g/mol. The van der Waals surface area contributed by atoms with Gasteiger partial charge in [-0.15, -0.1) is 0 Å². The van der Waals surface area contributed by atoms with Gasteiger partial charge in [-0.05, 0) is 39.7 Å². The van der Waals surface area contributed by atoms with Crippen LogP contribution in [0.5, 0.6) is 0 Å². The van der Waals surface area contributed by atoms with Gasteiger partial charge >= 0.3 is 0 Å². The van der Waals surface area contributed by atoms with Crippen LogP contribution in [-0.4, -0.2) is 39.2 Å². The molecule has 2 bridgehead atoms. The number of hydrogen-bond acceptors (Lipinski definition) is 4. The Balaban J connectivity index is 1.77. The fraction of sp³-hybridized carbons (Fsp3) is 0.833. The van der Waals surface area contributed by atoms with Crippen molar-refractivity contribution in [3.8, 4) is 0 Å². The van der Waals surface area contributed by atoms with Crippen molar-refractivity contribution in [2.24, 2.45) is 5.73 Å². The third-order valence-electron chi connectivity index (χ3n) is 4.41. The molecular formula is C12H21N5. The van der Waals surface area contributed by atoms with Crippen LogP contribution < -0.4 is 5.73 Å². The minimum absolute atomic E-state index is 0.0806. The third-order valence-corrected chi connectivity index (χ3v) is 4.41. The number of H-pyrrole nitrogens is 1. The van der Waals surface area contributed by atoms with E-state index in [4.69, 9.17) is 5.73 Å². The maximum Gasteiger partial charge on any atom is 0.167 e. The van der Waals surface area contributed by atoms with E-state index in [0.29, 0.717) is 5.92 Å². The molecule has 3 atom stereocenters. The molecule has 2 aliphatic rings. The highest BCUT2D eigenvalue weighted by atomic mass is 15.2. The minimum Gasteiger partial charge on any atom is -0.321 e. The summed E-state index contributed by atoms with van der Waals surface area (Å²) in [6.07, 6.45) is 5.10. The van der Waals surface area contributed by atoms with Crippen molar-refractivity contribution in [2.75, 3.05) is 7.05 Å². The molecule has 1 aromatic heterocycles. The summed E-state index contributed by atoms with van der Waals surface area (Å²) in [5.41, 5.74) is 5.79. The highest BCUT2D eigenvalue weighted by Crippen LogP contribution is 2.41. The molecule has 0 aliphatic carbocycles. The van der Waals surface area contributed by atoms with Crippen LogP contribution in [0.1, 0.15) is 56.2 Å². The number of piperidine rings is 1. The van der Waals surface area contributed by atoms with Crippen LogP contribution in [0.15, 0.2) is 0 Å². The lowest BCUT2D eigenvalue weighted by molar-refractivity contribution is 0.159. The van der Waals surface area contributed by atoms with Crippen molar-refractivity contribution < 1.29 is 0 Å². The normalized spacial score (nSPS) is 35.1. The predicted octanol–water partition coefficient (Wildman–Crippen LogP) is 1.16. The van der Waals surface area contributed by atoms with Gasteiger partial charge in [-0.25, -0.2) is 4.98 Å². The van der Waals surface area contributed by atoms with Gasteiger partial charge in [0.05, 0.1) is 6.04 Å². The van der Waals surface area contributed by atoms with Gasteiger partial charge in [-0.3, -0.25) is 5.10 Å². The number of rotatable bonds is 2. The Kier molecular flexibility index (Phi) is 2.67. The lowest BCUT2D eigenvalue weighted by Crippen LogP contribution is -2.39. The van der Waals surface area contributed by atoms with Gasteiger partial charge in [0.1, 0.15) is 5.82 Å². The molecule has 17 heavy (non-hydrogen) atoms. The number of nitrogens with one attached hydrogen (secondary N) is 1. The molecule has 5 heteroatoms. The van der Waals surface area contributed by atoms with E-state index in [0.717, 1.165) is 23.7 Å². The fourth-order valence-corrected chi connectivity index (χ4v) is 3.31. The number of nitrogens with zero attached hydrogens (tertiary/aromatic N) is 3. The number of aromatic nitrogens is 3. The maximum atomic E-state index is 5.79. The van der Waals surface area contributed by atoms with Gasteiger partial charge in [0.15, 0.2) is 5.82 Å². The summed E-state index contributed by atoms with van der Waals surface area (Å²) in [4.78, 5) is 7.09. The first-order chi connectivity index (χ1) is 8.15. The standard InChI is InChI=1S/C12H21N5/c1-7(13)11-14-12(16-15-11)8-5-9-3-4-10(6-8)17(9)2/h7-10H,3-6,13H2,1-2H3,(H,14,15,16). The molecule has 0 radical (unpaired) electrons. The number of aromatic amines is 1. The first-order valence-corrected chi connectivity index (χ1v) is 6.55. The van der Waals surface area contributed by atoms with Crippen LogP contribution >= 0.6 is 0 Å². The van der Waals surface area contributed by atoms with Crippen LogP contribution in [0, 0.1) is 0 Å². The maximum absolute atomic E-state index is 5.79. The van der Waals surface area contributed by atoms with E-state index in [1.165, 1.54) is 25.7 Å². The molecule has 94 valence electrons. The van der Waals surface area contributed by atoms with E-state index < -0.39 is 0 Å². The topological polar surface area (TPSA) is 70.8 Å². The van der Waals surface area contributed by atoms with E-state index in [-0.39, 0.29) is 6.04 Å². The third kappa shape index (κ3) is 1.87. The van der Waals surface area contributed by atoms with E-state index in [1.807, 2.05) is 6.92 Å². The summed E-state index contributed by atoms with van der Waals surface area (Å²) in [7, 11) is 2.26. The summed E-state index contributed by atoms with van der Waals surface area (Å²) >= 11 is 0. The largest absolute Gasteiger partial charge is 0.321 e. The van der Waals surface area contributed by atoms with Crippen LogP contribution in [-0.2, 0) is 0 Å². The van der Waals surface area contributed by atoms with E-state index >= 15 is 0 Å². The first kappa shape index (κ1) is 11.2. The molecule has 2 saturated heterocycles. The Hall–Kier alpha value is -0.940. The van der Waals surface area contributed by atoms with Crippen LogP contribution in [0.25, 0.3) is 0 Å². The average Bonchev–Trinajstić information content (AvgIpc) is 2.83. The highest BCUT2D eigenvalue weighted by Gasteiger charge is 2.39. The Bertz CT molecular complexity index is 385. The van der Waals surface area contributed by atoms with Gasteiger partial charge < -0.3 is 10.6 Å². The second-order valence-corrected chi connectivity index (χ2v) is 5.59. The van der Waals surface area contributed by atoms with Crippen LogP contribution in [0.3, 0.4) is 0 Å². The van der Waals surface area contributed by atoms with Gasteiger partial charge in [-0.2, -0.15) is 5.10 Å². The highest BCUT2D eigenvalue weighted by molar-refractivity contribution is 5.07. The van der Waals surface area contributed by atoms with Crippen LogP contribution in [0.2, 0.25) is 0 Å². The summed E-state index contributed by atoms with van der Waals surface area (Å²) in [6, 6.07) is 1.40. The van der Waals surface area contributed by atoms with Gasteiger partial charge in [0.25, 0.3) is 0 Å². The fourth-order valence-electron chi connectivity index (χ4n) is 3.31. The SMILES string of the molecule is CC(N)c1n[nH]c(C2CC3CCC(C2)N3C)n1. The Morgan fingerprint density at radius 3 is 2.53 bits per heavy atom. The second kappa shape index (κ2) is 4.07. The van der Waals surface area contributed by atoms with Crippen molar-refractivity contribution in [3.63, 3.8) is 0 Å². The molecule has 3 heterocycles. The molecule has 2 fully saturated rings. The second-order valence-electron chi connectivity index (χ2n) is 5.59. The summed E-state index contributed by atoms with van der Waals surface area (Å²) in [6.45, 7) is 1.92. The van der Waals surface area contributed by atoms with Crippen LogP contribution in [0.4, 0.5) is 0 Å². The molecule has 3 unspecified atom stereocenters.